The number of hydrogen-bond acceptors (Lipinski definition) is 5. The van der Waals surface area contributed by atoms with Gasteiger partial charge in [-0.1, -0.05) is 31.7 Å². The number of H-pyrrole nitrogens is 1. The molecule has 1 aromatic heterocycles. The van der Waals surface area contributed by atoms with Gasteiger partial charge in [-0.05, 0) is 48.7 Å². The molecule has 168 valence electrons. The van der Waals surface area contributed by atoms with E-state index in [4.69, 9.17) is 4.74 Å². The third-order valence-corrected chi connectivity index (χ3v) is 6.75. The summed E-state index contributed by atoms with van der Waals surface area (Å²) in [5, 5.41) is 22.1. The van der Waals surface area contributed by atoms with Crippen LogP contribution in [0.25, 0.3) is 10.9 Å². The van der Waals surface area contributed by atoms with Gasteiger partial charge in [0, 0.05) is 31.1 Å². The number of phenolic OH excluding ortho intramolecular Hbond substituents is 1. The molecule has 7 heteroatoms. The van der Waals surface area contributed by atoms with Crippen molar-refractivity contribution in [2.45, 2.75) is 45.2 Å². The number of nitrogens with zero attached hydrogens (tertiary/aromatic N) is 2. The fraction of sp³-hybridized carbons (Fsp3) is 0.440. The number of aromatic hydroxyl groups is 1. The van der Waals surface area contributed by atoms with E-state index in [1.807, 2.05) is 31.3 Å². The molecule has 0 radical (unpaired) electrons. The molecule has 1 saturated carbocycles. The first-order valence-electron chi connectivity index (χ1n) is 11.5. The highest BCUT2D eigenvalue weighted by molar-refractivity contribution is 6.01. The Morgan fingerprint density at radius 3 is 2.84 bits per heavy atom. The minimum atomic E-state index is -0.161. The first-order chi connectivity index (χ1) is 15.6. The minimum Gasteiger partial charge on any atom is -0.507 e. The van der Waals surface area contributed by atoms with Gasteiger partial charge in [-0.2, -0.15) is 5.10 Å². The van der Waals surface area contributed by atoms with Gasteiger partial charge >= 0.3 is 0 Å². The average Bonchev–Trinajstić information content (AvgIpc) is 3.53. The normalized spacial score (nSPS) is 16.1. The van der Waals surface area contributed by atoms with Crippen molar-refractivity contribution >= 4 is 16.8 Å². The van der Waals surface area contributed by atoms with Gasteiger partial charge in [0.2, 0.25) is 0 Å². The van der Waals surface area contributed by atoms with Gasteiger partial charge in [0.25, 0.3) is 5.91 Å². The fourth-order valence-corrected chi connectivity index (χ4v) is 4.97. The number of benzene rings is 2. The SMILES string of the molecule is CNCCOc1ccc2c(c1)CN(C(=O)c1cc3c(CC4CCCC4)n[nH]c3cc1O)C2. The maximum Gasteiger partial charge on any atom is 0.258 e. The molecule has 1 aliphatic heterocycles. The Balaban J connectivity index is 1.35. The van der Waals surface area contributed by atoms with Crippen LogP contribution in [0.3, 0.4) is 0 Å². The van der Waals surface area contributed by atoms with Crippen molar-refractivity contribution in [1.82, 2.24) is 20.4 Å². The highest BCUT2D eigenvalue weighted by atomic mass is 16.5. The lowest BCUT2D eigenvalue weighted by molar-refractivity contribution is 0.0748. The number of hydrogen-bond donors (Lipinski definition) is 3. The molecule has 0 bridgehead atoms. The van der Waals surface area contributed by atoms with Crippen molar-refractivity contribution in [2.24, 2.45) is 5.92 Å². The van der Waals surface area contributed by atoms with Gasteiger partial charge in [0.15, 0.2) is 0 Å². The van der Waals surface area contributed by atoms with Crippen LogP contribution < -0.4 is 10.1 Å². The number of nitrogens with one attached hydrogen (secondary N) is 2. The maximum absolute atomic E-state index is 13.3. The number of rotatable bonds is 7. The van der Waals surface area contributed by atoms with Crippen LogP contribution in [0.4, 0.5) is 0 Å². The molecule has 1 amide bonds. The Labute approximate surface area is 187 Å². The smallest absolute Gasteiger partial charge is 0.258 e. The lowest BCUT2D eigenvalue weighted by Crippen LogP contribution is -2.25. The predicted molar refractivity (Wildman–Crippen MR) is 123 cm³/mol. The van der Waals surface area contributed by atoms with Crippen LogP contribution in [-0.2, 0) is 19.5 Å². The molecule has 0 spiro atoms. The van der Waals surface area contributed by atoms with Gasteiger partial charge in [-0.3, -0.25) is 9.89 Å². The van der Waals surface area contributed by atoms with E-state index in [-0.39, 0.29) is 11.7 Å². The zero-order valence-electron chi connectivity index (χ0n) is 18.5. The topological polar surface area (TPSA) is 90.5 Å². The summed E-state index contributed by atoms with van der Waals surface area (Å²) in [4.78, 5) is 15.1. The highest BCUT2D eigenvalue weighted by Crippen LogP contribution is 2.34. The van der Waals surface area contributed by atoms with Crippen molar-refractivity contribution in [1.29, 1.82) is 0 Å². The second-order valence-electron chi connectivity index (χ2n) is 8.98. The first kappa shape index (κ1) is 20.8. The van der Waals surface area contributed by atoms with Crippen LogP contribution in [0.5, 0.6) is 11.5 Å². The molecule has 3 aromatic rings. The summed E-state index contributed by atoms with van der Waals surface area (Å²) >= 11 is 0. The van der Waals surface area contributed by atoms with Crippen LogP contribution in [0.15, 0.2) is 30.3 Å². The summed E-state index contributed by atoms with van der Waals surface area (Å²) in [6.07, 6.45) is 5.98. The fourth-order valence-electron chi connectivity index (χ4n) is 4.97. The van der Waals surface area contributed by atoms with E-state index in [0.717, 1.165) is 46.4 Å². The van der Waals surface area contributed by atoms with E-state index in [1.54, 1.807) is 11.0 Å². The van der Waals surface area contributed by atoms with Crippen molar-refractivity contribution in [3.63, 3.8) is 0 Å². The van der Waals surface area contributed by atoms with E-state index in [9.17, 15) is 9.90 Å². The summed E-state index contributed by atoms with van der Waals surface area (Å²) in [5.41, 5.74) is 4.32. The molecule has 32 heavy (non-hydrogen) atoms. The van der Waals surface area contributed by atoms with Crippen molar-refractivity contribution in [2.75, 3.05) is 20.2 Å². The van der Waals surface area contributed by atoms with Crippen molar-refractivity contribution in [3.05, 3.63) is 52.7 Å². The molecule has 7 nitrogen and oxygen atoms in total. The van der Waals surface area contributed by atoms with Crippen molar-refractivity contribution < 1.29 is 14.6 Å². The summed E-state index contributed by atoms with van der Waals surface area (Å²) in [5.74, 6) is 1.30. The zero-order valence-corrected chi connectivity index (χ0v) is 18.5. The number of carbonyl (C=O) groups excluding carboxylic acids is 1. The van der Waals surface area contributed by atoms with E-state index >= 15 is 0 Å². The summed E-state index contributed by atoms with van der Waals surface area (Å²) in [7, 11) is 1.89. The quantitative estimate of drug-likeness (QED) is 0.493. The number of amides is 1. The molecule has 5 rings (SSSR count). The molecule has 1 aliphatic carbocycles. The predicted octanol–water partition coefficient (Wildman–Crippen LogP) is 3.76. The Morgan fingerprint density at radius 1 is 1.22 bits per heavy atom. The number of aromatic amines is 1. The van der Waals surface area contributed by atoms with Crippen LogP contribution in [0.1, 0.15) is 52.9 Å². The van der Waals surface area contributed by atoms with Gasteiger partial charge in [-0.25, -0.2) is 0 Å². The third-order valence-electron chi connectivity index (χ3n) is 6.75. The average molecular weight is 435 g/mol. The van der Waals surface area contributed by atoms with Gasteiger partial charge in [0.1, 0.15) is 18.1 Å². The van der Waals surface area contributed by atoms with E-state index in [2.05, 4.69) is 15.5 Å². The second kappa shape index (κ2) is 8.82. The summed E-state index contributed by atoms with van der Waals surface area (Å²) < 4.78 is 5.76. The minimum absolute atomic E-state index is 0.00869. The van der Waals surface area contributed by atoms with E-state index < -0.39 is 0 Å². The Bertz CT molecular complexity index is 1130. The van der Waals surface area contributed by atoms with Crippen LogP contribution in [-0.4, -0.2) is 46.3 Å². The van der Waals surface area contributed by atoms with E-state index in [1.165, 1.54) is 25.7 Å². The monoisotopic (exact) mass is 434 g/mol. The maximum atomic E-state index is 13.3. The number of carbonyl (C=O) groups is 1. The molecule has 0 saturated heterocycles. The molecule has 1 fully saturated rings. The lowest BCUT2D eigenvalue weighted by Gasteiger charge is -2.16. The second-order valence-corrected chi connectivity index (χ2v) is 8.98. The van der Waals surface area contributed by atoms with Crippen molar-refractivity contribution in [3.8, 4) is 11.5 Å². The molecule has 3 N–H and O–H groups in total. The van der Waals surface area contributed by atoms with Gasteiger partial charge in [0.05, 0.1) is 16.8 Å². The third kappa shape index (κ3) is 4.05. The number of fused-ring (bicyclic) bond motifs is 2. The molecular weight excluding hydrogens is 404 g/mol. The van der Waals surface area contributed by atoms with Gasteiger partial charge < -0.3 is 20.1 Å². The Kier molecular flexibility index (Phi) is 5.74. The summed E-state index contributed by atoms with van der Waals surface area (Å²) in [6, 6.07) is 9.43. The molecule has 2 aliphatic rings. The molecule has 0 unspecified atom stereocenters. The highest BCUT2D eigenvalue weighted by Gasteiger charge is 2.27. The zero-order chi connectivity index (χ0) is 22.1. The Morgan fingerprint density at radius 2 is 2.03 bits per heavy atom. The number of aromatic nitrogens is 2. The standard InChI is InChI=1S/C25H30N4O3/c1-26-8-9-32-19-7-6-17-14-29(15-18(17)11-19)25(31)21-12-20-22(10-16-4-2-3-5-16)27-28-23(20)13-24(21)30/h6-7,11-13,16,26,30H,2-5,8-10,14-15H2,1H3,(H,27,28). The van der Waals surface area contributed by atoms with Crippen LogP contribution in [0, 0.1) is 5.92 Å². The number of phenols is 1. The largest absolute Gasteiger partial charge is 0.507 e. The molecule has 2 aromatic carbocycles. The van der Waals surface area contributed by atoms with Crippen LogP contribution in [0.2, 0.25) is 0 Å². The first-order valence-corrected chi connectivity index (χ1v) is 11.5. The Hall–Kier alpha value is -3.06. The number of ether oxygens (including phenoxy) is 1. The molecule has 2 heterocycles. The number of likely N-dealkylation sites (N-methyl/N-ethyl adjacent to an activating group) is 1. The molecule has 0 atom stereocenters. The lowest BCUT2D eigenvalue weighted by atomic mass is 9.99. The van der Waals surface area contributed by atoms with E-state index in [0.29, 0.717) is 31.2 Å². The van der Waals surface area contributed by atoms with Gasteiger partial charge in [-0.15, -0.1) is 0 Å². The summed E-state index contributed by atoms with van der Waals surface area (Å²) in [6.45, 7) is 2.41. The van der Waals surface area contributed by atoms with Crippen LogP contribution >= 0.6 is 0 Å². The molecular formula is C25H30N4O3.